The highest BCUT2D eigenvalue weighted by Gasteiger charge is 2.46. The van der Waals surface area contributed by atoms with E-state index in [0.29, 0.717) is 36.5 Å². The molecule has 61 heavy (non-hydrogen) atoms. The Bertz CT molecular complexity index is 2380. The van der Waals surface area contributed by atoms with Gasteiger partial charge < -0.3 is 25.6 Å². The molecule has 4 aliphatic rings. The molecule has 5 amide bonds. The number of aromatic nitrogens is 3. The summed E-state index contributed by atoms with van der Waals surface area (Å²) in [6, 6.07) is 8.54. The first-order valence-corrected chi connectivity index (χ1v) is 21.3. The first-order chi connectivity index (χ1) is 29.4. The highest BCUT2D eigenvalue weighted by Crippen LogP contribution is 2.38. The number of piperidine rings is 2. The van der Waals surface area contributed by atoms with Crippen LogP contribution in [0.4, 0.5) is 15.9 Å². The van der Waals surface area contributed by atoms with Gasteiger partial charge in [-0.05, 0) is 75.9 Å². The van der Waals surface area contributed by atoms with Crippen molar-refractivity contribution in [3.8, 4) is 16.9 Å². The summed E-state index contributed by atoms with van der Waals surface area (Å²) in [5, 5.41) is 10.4. The molecular weight excluding hydrogens is 828 g/mol. The molecule has 18 heteroatoms. The molecule has 0 saturated carbocycles. The minimum Gasteiger partial charge on any atom is -0.482 e. The highest BCUT2D eigenvalue weighted by atomic mass is 35.5. The van der Waals surface area contributed by atoms with E-state index in [1.807, 2.05) is 10.9 Å². The van der Waals surface area contributed by atoms with E-state index in [1.165, 1.54) is 12.1 Å². The molecule has 320 valence electrons. The number of carbonyl (C=O) groups is 5. The van der Waals surface area contributed by atoms with Crippen molar-refractivity contribution in [2.75, 3.05) is 43.8 Å². The lowest BCUT2D eigenvalue weighted by atomic mass is 10.0. The Hall–Kier alpha value is -5.58. The molecule has 6 heterocycles. The topological polar surface area (TPSA) is 185 Å². The number of nitrogens with zero attached hydrogens (tertiary/aromatic N) is 6. The van der Waals surface area contributed by atoms with Gasteiger partial charge in [0.25, 0.3) is 11.8 Å². The van der Waals surface area contributed by atoms with Gasteiger partial charge in [0, 0.05) is 78.8 Å². The quantitative estimate of drug-likeness (QED) is 0.0763. The van der Waals surface area contributed by atoms with Crippen LogP contribution in [-0.2, 0) is 14.4 Å². The smallest absolute Gasteiger partial charge is 0.264 e. The fourth-order valence-electron chi connectivity index (χ4n) is 8.54. The number of anilines is 2. The molecule has 8 rings (SSSR count). The van der Waals surface area contributed by atoms with Crippen molar-refractivity contribution < 1.29 is 33.1 Å². The predicted molar refractivity (Wildman–Crippen MR) is 226 cm³/mol. The third-order valence-electron chi connectivity index (χ3n) is 12.0. The van der Waals surface area contributed by atoms with Gasteiger partial charge in [-0.3, -0.25) is 38.9 Å². The molecule has 2 aromatic carbocycles. The summed E-state index contributed by atoms with van der Waals surface area (Å²) in [5.74, 6) is -2.18. The number of nitrogen functional groups attached to an aromatic ring is 1. The van der Waals surface area contributed by atoms with Gasteiger partial charge in [0.05, 0.1) is 34.4 Å². The molecule has 1 unspecified atom stereocenters. The second-order valence-corrected chi connectivity index (χ2v) is 16.8. The summed E-state index contributed by atoms with van der Waals surface area (Å²) in [4.78, 5) is 73.1. The fraction of sp³-hybridized carbons (Fsp3) is 0.419. The maximum absolute atomic E-state index is 14.2. The van der Waals surface area contributed by atoms with Gasteiger partial charge in [0.2, 0.25) is 17.7 Å². The van der Waals surface area contributed by atoms with Gasteiger partial charge in [0.1, 0.15) is 18.0 Å². The third kappa shape index (κ3) is 8.79. The first kappa shape index (κ1) is 42.1. The van der Waals surface area contributed by atoms with Gasteiger partial charge in [0.15, 0.2) is 11.6 Å². The van der Waals surface area contributed by atoms with Crippen molar-refractivity contribution in [3.63, 3.8) is 0 Å². The van der Waals surface area contributed by atoms with Crippen LogP contribution in [0.5, 0.6) is 5.75 Å². The number of nitrogens with two attached hydrogens (primary N) is 1. The molecule has 3 fully saturated rings. The molecule has 4 aliphatic heterocycles. The standard InChI is InChI=1S/C43H46Cl2FN9O6/c1-24(37-30(44)9-10-31(46)39(37)45)61-34-18-25(19-48-40(34)47)26-20-49-54(21-26)28-13-16-52(17-14-28)15-4-2-3-8-36(57)53-22-27(23-53)50-32-7-5-6-29-38(32)43(60)55(42(29)59)33-11-12-35(56)51-41(33)58/h5-7,9-10,18-21,24,27-28,33,50H,2-4,8,11-17,22-23H2,1H3,(H2,47,48)(H,51,56,58)/t24-,33?/m0/s1. The number of fused-ring (bicyclic) bond motifs is 1. The lowest BCUT2D eigenvalue weighted by Gasteiger charge is -2.40. The minimum atomic E-state index is -1.03. The van der Waals surface area contributed by atoms with Crippen molar-refractivity contribution in [2.45, 2.75) is 82.5 Å². The van der Waals surface area contributed by atoms with Crippen molar-refractivity contribution >= 4 is 64.2 Å². The molecule has 2 aromatic heterocycles. The number of likely N-dealkylation sites (tertiary alicyclic amines) is 2. The van der Waals surface area contributed by atoms with E-state index in [0.717, 1.165) is 67.8 Å². The normalized spacial score (nSPS) is 19.2. The van der Waals surface area contributed by atoms with Crippen LogP contribution < -0.4 is 21.1 Å². The molecule has 0 spiro atoms. The number of hydrogen-bond donors (Lipinski definition) is 3. The number of imide groups is 2. The molecule has 0 radical (unpaired) electrons. The largest absolute Gasteiger partial charge is 0.482 e. The van der Waals surface area contributed by atoms with E-state index in [2.05, 4.69) is 25.6 Å². The zero-order valence-corrected chi connectivity index (χ0v) is 35.1. The van der Waals surface area contributed by atoms with E-state index in [1.54, 1.807) is 48.5 Å². The summed E-state index contributed by atoms with van der Waals surface area (Å²) in [6.07, 6.45) is 10.1. The van der Waals surface area contributed by atoms with E-state index in [9.17, 15) is 28.4 Å². The maximum atomic E-state index is 14.2. The van der Waals surface area contributed by atoms with Gasteiger partial charge in [-0.2, -0.15) is 5.10 Å². The van der Waals surface area contributed by atoms with Gasteiger partial charge in [-0.1, -0.05) is 35.7 Å². The van der Waals surface area contributed by atoms with Crippen molar-refractivity contribution in [1.29, 1.82) is 0 Å². The maximum Gasteiger partial charge on any atom is 0.264 e. The predicted octanol–water partition coefficient (Wildman–Crippen LogP) is 6.03. The number of pyridine rings is 1. The van der Waals surface area contributed by atoms with Crippen LogP contribution in [-0.4, -0.2) is 104 Å². The number of nitrogens with one attached hydrogen (secondary N) is 2. The summed E-state index contributed by atoms with van der Waals surface area (Å²) in [5.41, 5.74) is 9.02. The lowest BCUT2D eigenvalue weighted by Crippen LogP contribution is -2.57. The molecule has 2 atom stereocenters. The van der Waals surface area contributed by atoms with Crippen LogP contribution in [0.1, 0.15) is 96.7 Å². The van der Waals surface area contributed by atoms with Crippen molar-refractivity contribution in [2.24, 2.45) is 0 Å². The van der Waals surface area contributed by atoms with Gasteiger partial charge in [-0.15, -0.1) is 0 Å². The van der Waals surface area contributed by atoms with Crippen LogP contribution in [0, 0.1) is 5.82 Å². The van der Waals surface area contributed by atoms with Crippen LogP contribution in [0.25, 0.3) is 11.1 Å². The monoisotopic (exact) mass is 873 g/mol. The summed E-state index contributed by atoms with van der Waals surface area (Å²) >= 11 is 12.5. The van der Waals surface area contributed by atoms with E-state index >= 15 is 0 Å². The average Bonchev–Trinajstić information content (AvgIpc) is 3.82. The number of benzene rings is 2. The molecule has 0 aliphatic carbocycles. The van der Waals surface area contributed by atoms with E-state index in [-0.39, 0.29) is 57.8 Å². The zero-order chi connectivity index (χ0) is 42.9. The van der Waals surface area contributed by atoms with Crippen molar-refractivity contribution in [3.05, 3.63) is 87.5 Å². The Morgan fingerprint density at radius 3 is 2.57 bits per heavy atom. The Balaban J connectivity index is 0.739. The number of hydrogen-bond acceptors (Lipinski definition) is 11. The molecule has 3 saturated heterocycles. The molecule has 4 aromatic rings. The highest BCUT2D eigenvalue weighted by molar-refractivity contribution is 6.36. The average molecular weight is 875 g/mol. The number of amides is 5. The van der Waals surface area contributed by atoms with Crippen LogP contribution in [0.2, 0.25) is 10.0 Å². The summed E-state index contributed by atoms with van der Waals surface area (Å²) in [6.45, 7) is 5.56. The Morgan fingerprint density at radius 1 is 1.02 bits per heavy atom. The molecule has 0 bridgehead atoms. The Morgan fingerprint density at radius 2 is 1.80 bits per heavy atom. The Labute approximate surface area is 361 Å². The summed E-state index contributed by atoms with van der Waals surface area (Å²) in [7, 11) is 0. The third-order valence-corrected chi connectivity index (χ3v) is 12.7. The number of unbranched alkanes of at least 4 members (excludes halogenated alkanes) is 2. The van der Waals surface area contributed by atoms with Gasteiger partial charge in [-0.25, -0.2) is 9.37 Å². The zero-order valence-electron chi connectivity index (χ0n) is 33.5. The molecule has 4 N–H and O–H groups in total. The SMILES string of the molecule is C[C@H](Oc1cc(-c2cnn(C3CCN(CCCCCC(=O)N4CC(Nc5cccc6c5C(=O)N(C5CCC(=O)NC5=O)C6=O)C4)CC3)c2)cnc1N)c1c(Cl)ccc(F)c1Cl. The minimum absolute atomic E-state index is 0.0542. The first-order valence-electron chi connectivity index (χ1n) is 20.6. The summed E-state index contributed by atoms with van der Waals surface area (Å²) < 4.78 is 22.2. The molecular formula is C43H46Cl2FN9O6. The van der Waals surface area contributed by atoms with E-state index in [4.69, 9.17) is 33.7 Å². The number of rotatable bonds is 14. The number of carbonyl (C=O) groups excluding carboxylic acids is 5. The fourth-order valence-corrected chi connectivity index (χ4v) is 9.22. The van der Waals surface area contributed by atoms with Crippen LogP contribution in [0.15, 0.2) is 55.0 Å². The Kier molecular flexibility index (Phi) is 12.3. The van der Waals surface area contributed by atoms with Crippen molar-refractivity contribution in [1.82, 2.24) is 34.8 Å². The van der Waals surface area contributed by atoms with Gasteiger partial charge >= 0.3 is 0 Å². The second-order valence-electron chi connectivity index (χ2n) is 16.0. The van der Waals surface area contributed by atoms with Crippen LogP contribution >= 0.6 is 23.2 Å². The van der Waals surface area contributed by atoms with Crippen LogP contribution in [0.3, 0.4) is 0 Å². The lowest BCUT2D eigenvalue weighted by molar-refractivity contribution is -0.136. The second kappa shape index (κ2) is 17.8. The van der Waals surface area contributed by atoms with E-state index < -0.39 is 41.6 Å². The molecule has 15 nitrogen and oxygen atoms in total. The number of ether oxygens (including phenoxy) is 1. The number of halogens is 3.